The number of anilines is 1. The van der Waals surface area contributed by atoms with Crippen molar-refractivity contribution in [2.45, 2.75) is 20.0 Å². The lowest BCUT2D eigenvalue weighted by Crippen LogP contribution is -2.44. The van der Waals surface area contributed by atoms with Crippen LogP contribution in [0.2, 0.25) is 10.0 Å². The number of nitrogens with one attached hydrogen (secondary N) is 1. The largest absolute Gasteiger partial charge is 0.345 e. The summed E-state index contributed by atoms with van der Waals surface area (Å²) in [5.41, 5.74) is 0.544. The minimum atomic E-state index is -0.471. The summed E-state index contributed by atoms with van der Waals surface area (Å²) in [7, 11) is 0. The van der Waals surface area contributed by atoms with Gasteiger partial charge in [0.25, 0.3) is 0 Å². The molecule has 5 nitrogen and oxygen atoms in total. The van der Waals surface area contributed by atoms with Gasteiger partial charge in [0.15, 0.2) is 0 Å². The number of urea groups is 1. The van der Waals surface area contributed by atoms with Crippen molar-refractivity contribution in [1.29, 1.82) is 0 Å². The summed E-state index contributed by atoms with van der Waals surface area (Å²) in [5.74, 6) is -0.386. The van der Waals surface area contributed by atoms with Gasteiger partial charge in [-0.05, 0) is 25.1 Å². The molecule has 3 amide bonds. The van der Waals surface area contributed by atoms with Gasteiger partial charge < -0.3 is 5.32 Å². The van der Waals surface area contributed by atoms with Crippen LogP contribution in [-0.4, -0.2) is 23.1 Å². The van der Waals surface area contributed by atoms with Crippen LogP contribution in [-0.2, 0) is 4.79 Å². The van der Waals surface area contributed by atoms with Gasteiger partial charge in [0.1, 0.15) is 6.17 Å². The van der Waals surface area contributed by atoms with E-state index >= 15 is 0 Å². The number of halogens is 2. The second-order valence-electron chi connectivity index (χ2n) is 3.90. The summed E-state index contributed by atoms with van der Waals surface area (Å²) < 4.78 is 0. The molecule has 0 bridgehead atoms. The van der Waals surface area contributed by atoms with E-state index in [1.54, 1.807) is 25.1 Å². The van der Waals surface area contributed by atoms with Gasteiger partial charge in [-0.2, -0.15) is 5.01 Å². The third-order valence-electron chi connectivity index (χ3n) is 2.56. The van der Waals surface area contributed by atoms with Crippen LogP contribution in [0.4, 0.5) is 10.5 Å². The van der Waals surface area contributed by atoms with Crippen LogP contribution in [0.1, 0.15) is 13.8 Å². The Morgan fingerprint density at radius 2 is 2.06 bits per heavy atom. The fraction of sp³-hybridized carbons (Fsp3) is 0.273. The molecule has 1 unspecified atom stereocenters. The van der Waals surface area contributed by atoms with E-state index in [2.05, 4.69) is 5.32 Å². The average Bonchev–Trinajstić information content (AvgIpc) is 2.53. The highest BCUT2D eigenvalue weighted by atomic mass is 35.5. The molecule has 1 aromatic rings. The van der Waals surface area contributed by atoms with E-state index in [1.165, 1.54) is 11.9 Å². The molecule has 1 aliphatic rings. The molecular formula is C11H11Cl2N3O2. The number of hydrogen-bond acceptors (Lipinski definition) is 3. The Morgan fingerprint density at radius 1 is 1.39 bits per heavy atom. The van der Waals surface area contributed by atoms with Crippen LogP contribution in [0.5, 0.6) is 0 Å². The highest BCUT2D eigenvalue weighted by molar-refractivity contribution is 6.36. The summed E-state index contributed by atoms with van der Waals surface area (Å²) in [6, 6.07) is 4.40. The van der Waals surface area contributed by atoms with E-state index in [1.807, 2.05) is 0 Å². The first-order valence-electron chi connectivity index (χ1n) is 5.27. The van der Waals surface area contributed by atoms with Gasteiger partial charge >= 0.3 is 6.03 Å². The number of amides is 3. The fourth-order valence-corrected chi connectivity index (χ4v) is 2.35. The van der Waals surface area contributed by atoms with E-state index in [0.29, 0.717) is 15.7 Å². The maximum atomic E-state index is 11.7. The smallest absolute Gasteiger partial charge is 0.314 e. The molecule has 1 N–H and O–H groups in total. The third-order valence-corrected chi connectivity index (χ3v) is 3.10. The van der Waals surface area contributed by atoms with Crippen LogP contribution in [0.15, 0.2) is 18.2 Å². The molecule has 18 heavy (non-hydrogen) atoms. The summed E-state index contributed by atoms with van der Waals surface area (Å²) >= 11 is 11.9. The monoisotopic (exact) mass is 287 g/mol. The zero-order valence-corrected chi connectivity index (χ0v) is 11.3. The fourth-order valence-electron chi connectivity index (χ4n) is 1.85. The standard InChI is InChI=1S/C11H11Cl2N3O2/c1-6-14-11(18)16(7(2)17)15(6)10-4-3-8(12)5-9(10)13/h3-6H,1-2H3,(H,14,18). The predicted molar refractivity (Wildman–Crippen MR) is 69.5 cm³/mol. The van der Waals surface area contributed by atoms with Gasteiger partial charge in [-0.25, -0.2) is 4.79 Å². The highest BCUT2D eigenvalue weighted by Gasteiger charge is 2.38. The van der Waals surface area contributed by atoms with Gasteiger partial charge in [0.05, 0.1) is 10.7 Å². The zero-order valence-electron chi connectivity index (χ0n) is 9.78. The Kier molecular flexibility index (Phi) is 3.36. The topological polar surface area (TPSA) is 52.7 Å². The Hall–Kier alpha value is -1.46. The first kappa shape index (κ1) is 13.0. The van der Waals surface area contributed by atoms with E-state index in [0.717, 1.165) is 5.01 Å². The normalized spacial score (nSPS) is 19.1. The number of carbonyl (C=O) groups excluding carboxylic acids is 2. The number of nitrogens with zero attached hydrogens (tertiary/aromatic N) is 2. The first-order chi connectivity index (χ1) is 8.41. The molecule has 1 atom stereocenters. The molecule has 0 aromatic heterocycles. The van der Waals surface area contributed by atoms with Crippen molar-refractivity contribution >= 4 is 40.8 Å². The number of hydrogen-bond donors (Lipinski definition) is 1. The molecule has 0 radical (unpaired) electrons. The van der Waals surface area contributed by atoms with E-state index in [-0.39, 0.29) is 12.1 Å². The number of benzene rings is 1. The second kappa shape index (κ2) is 4.66. The highest BCUT2D eigenvalue weighted by Crippen LogP contribution is 2.32. The van der Waals surface area contributed by atoms with Crippen LogP contribution in [0.3, 0.4) is 0 Å². The second-order valence-corrected chi connectivity index (χ2v) is 4.74. The van der Waals surface area contributed by atoms with Gasteiger partial charge in [0, 0.05) is 11.9 Å². The average molecular weight is 288 g/mol. The number of imide groups is 1. The van der Waals surface area contributed by atoms with Crippen LogP contribution < -0.4 is 10.3 Å². The molecule has 1 heterocycles. The van der Waals surface area contributed by atoms with E-state index in [4.69, 9.17) is 23.2 Å². The Labute approximate surface area is 114 Å². The minimum Gasteiger partial charge on any atom is -0.314 e. The van der Waals surface area contributed by atoms with Gasteiger partial charge in [-0.3, -0.25) is 9.80 Å². The predicted octanol–water partition coefficient (Wildman–Crippen LogP) is 2.63. The van der Waals surface area contributed by atoms with Gasteiger partial charge in [0.2, 0.25) is 5.91 Å². The molecule has 2 rings (SSSR count). The van der Waals surface area contributed by atoms with Crippen molar-refractivity contribution in [3.05, 3.63) is 28.2 Å². The van der Waals surface area contributed by atoms with Gasteiger partial charge in [-0.15, -0.1) is 0 Å². The van der Waals surface area contributed by atoms with Crippen LogP contribution in [0, 0.1) is 0 Å². The van der Waals surface area contributed by atoms with Crippen LogP contribution in [0.25, 0.3) is 0 Å². The third kappa shape index (κ3) is 2.11. The SMILES string of the molecule is CC(=O)N1C(=O)NC(C)N1c1ccc(Cl)cc1Cl. The molecule has 1 aromatic carbocycles. The Balaban J connectivity index is 2.47. The summed E-state index contributed by atoms with van der Waals surface area (Å²) in [5, 5.41) is 6.02. The number of hydrazine groups is 1. The molecule has 1 saturated heterocycles. The zero-order chi connectivity index (χ0) is 13.4. The summed E-state index contributed by atoms with van der Waals surface area (Å²) in [4.78, 5) is 23.2. The van der Waals surface area contributed by atoms with Crippen molar-refractivity contribution in [2.24, 2.45) is 0 Å². The Morgan fingerprint density at radius 3 is 2.61 bits per heavy atom. The first-order valence-corrected chi connectivity index (χ1v) is 6.03. The Bertz CT molecular complexity index is 521. The molecule has 1 fully saturated rings. The lowest BCUT2D eigenvalue weighted by atomic mass is 10.3. The van der Waals surface area contributed by atoms with E-state index in [9.17, 15) is 9.59 Å². The van der Waals surface area contributed by atoms with Crippen LogP contribution >= 0.6 is 23.2 Å². The van der Waals surface area contributed by atoms with Crippen molar-refractivity contribution < 1.29 is 9.59 Å². The number of carbonyl (C=O) groups is 2. The maximum absolute atomic E-state index is 11.7. The van der Waals surface area contributed by atoms with Crippen molar-refractivity contribution in [3.63, 3.8) is 0 Å². The quantitative estimate of drug-likeness (QED) is 0.864. The molecule has 0 aliphatic carbocycles. The van der Waals surface area contributed by atoms with Gasteiger partial charge in [-0.1, -0.05) is 23.2 Å². The molecule has 96 valence electrons. The van der Waals surface area contributed by atoms with Crippen molar-refractivity contribution in [2.75, 3.05) is 5.01 Å². The molecule has 0 spiro atoms. The lowest BCUT2D eigenvalue weighted by molar-refractivity contribution is -0.125. The molecule has 7 heteroatoms. The minimum absolute atomic E-state index is 0.361. The van der Waals surface area contributed by atoms with Crippen molar-refractivity contribution in [1.82, 2.24) is 10.3 Å². The summed E-state index contributed by atoms with van der Waals surface area (Å²) in [6.07, 6.45) is -0.361. The molecular weight excluding hydrogens is 277 g/mol. The molecule has 1 aliphatic heterocycles. The molecule has 0 saturated carbocycles. The maximum Gasteiger partial charge on any atom is 0.345 e. The lowest BCUT2D eigenvalue weighted by Gasteiger charge is -2.29. The number of rotatable bonds is 1. The van der Waals surface area contributed by atoms with Crippen molar-refractivity contribution in [3.8, 4) is 0 Å². The summed E-state index contributed by atoms with van der Waals surface area (Å²) in [6.45, 7) is 3.07. The van der Waals surface area contributed by atoms with E-state index < -0.39 is 6.03 Å².